The number of unbranched alkanes of at least 4 members (excludes halogenated alkanes) is 3. The Morgan fingerprint density at radius 1 is 0.381 bits per heavy atom. The lowest BCUT2D eigenvalue weighted by atomic mass is 9.86. The van der Waals surface area contributed by atoms with Crippen LogP contribution in [0.25, 0.3) is 0 Å². The van der Waals surface area contributed by atoms with Crippen LogP contribution in [0, 0.1) is 0 Å². The van der Waals surface area contributed by atoms with Crippen LogP contribution in [-0.2, 0) is 43.2 Å². The van der Waals surface area contributed by atoms with Crippen LogP contribution in [0.5, 0.6) is 0 Å². The smallest absolute Gasteiger partial charge is 0.249 e. The summed E-state index contributed by atoms with van der Waals surface area (Å²) in [6.45, 7) is 29.5. The number of piperazine rings is 4. The Hall–Kier alpha value is -4.13. The first-order chi connectivity index (χ1) is 28.4. The number of carbonyl (C=O) groups excluding carboxylic acids is 9. The molecule has 4 saturated heterocycles. The third-order valence-corrected chi connectivity index (χ3v) is 13.7. The van der Waals surface area contributed by atoms with Crippen LogP contribution in [0.2, 0.25) is 0 Å². The van der Waals surface area contributed by atoms with Crippen LogP contribution >= 0.6 is 0 Å². The van der Waals surface area contributed by atoms with E-state index in [9.17, 15) is 43.2 Å². The summed E-state index contributed by atoms with van der Waals surface area (Å²) in [6, 6.07) is 0. The molecule has 4 aliphatic heterocycles. The number of rotatable bonds is 14. The molecule has 4 fully saturated rings. The van der Waals surface area contributed by atoms with Gasteiger partial charge in [0.05, 0.1) is 44.3 Å². The predicted molar refractivity (Wildman–Crippen MR) is 237 cm³/mol. The maximum atomic E-state index is 12.9. The van der Waals surface area contributed by atoms with E-state index in [2.05, 4.69) is 10.6 Å². The van der Waals surface area contributed by atoms with Crippen molar-refractivity contribution in [2.75, 3.05) is 53.4 Å². The van der Waals surface area contributed by atoms with Gasteiger partial charge in [-0.3, -0.25) is 83.2 Å². The average molecular weight is 888 g/mol. The first kappa shape index (κ1) is 53.2. The number of nitrogens with one attached hydrogen (secondary N) is 2. The second-order valence-corrected chi connectivity index (χ2v) is 21.7. The van der Waals surface area contributed by atoms with Crippen molar-refractivity contribution < 1.29 is 43.2 Å². The lowest BCUT2D eigenvalue weighted by Gasteiger charge is -2.52. The molecule has 0 bridgehead atoms. The summed E-state index contributed by atoms with van der Waals surface area (Å²) in [6.07, 6.45) is 3.64. The molecule has 0 aromatic rings. The Bertz CT molecular complexity index is 1630. The summed E-state index contributed by atoms with van der Waals surface area (Å²) in [5.41, 5.74) is -6.61. The summed E-state index contributed by atoms with van der Waals surface area (Å²) in [7, 11) is 3.63. The van der Waals surface area contributed by atoms with Crippen molar-refractivity contribution in [1.82, 2.24) is 44.9 Å². The van der Waals surface area contributed by atoms with Gasteiger partial charge in [-0.05, 0) is 138 Å². The number of nitrogens with zero attached hydrogens (tertiary/aromatic N) is 7. The molecule has 356 valence electrons. The molecule has 0 unspecified atom stereocenters. The molecule has 0 saturated carbocycles. The third-order valence-electron chi connectivity index (χ3n) is 13.7. The number of amides is 9. The molecule has 4 heterocycles. The van der Waals surface area contributed by atoms with Gasteiger partial charge >= 0.3 is 0 Å². The second-order valence-electron chi connectivity index (χ2n) is 21.7. The molecule has 4 rings (SSSR count). The number of likely N-dealkylation sites (N-methyl/N-ethyl adjacent to an activating group) is 2. The van der Waals surface area contributed by atoms with Gasteiger partial charge in [-0.15, -0.1) is 0 Å². The van der Waals surface area contributed by atoms with Crippen molar-refractivity contribution >= 4 is 53.7 Å². The van der Waals surface area contributed by atoms with E-state index in [1.165, 1.54) is 24.5 Å². The maximum absolute atomic E-state index is 12.9. The maximum Gasteiger partial charge on any atom is 0.249 e. The molecular weight excluding hydrogens is 811 g/mol. The van der Waals surface area contributed by atoms with Gasteiger partial charge in [0.1, 0.15) is 0 Å². The summed E-state index contributed by atoms with van der Waals surface area (Å²) in [5, 5.41) is 6.09. The number of carbonyl (C=O) groups is 9. The molecule has 0 aromatic carbocycles. The SMILES string of the molecule is CC1(C)NC(C)(C)C(=O)N(CCN(C=O)CCN2C(=O)C(C)(C)NC(C)(C)C2=O)C1=O.CN1C(C)(C)C(=O)N(CCCCCCN2C(=O)C(C)(C)N(C)C(C)(C)C2=O)C(=O)C1(C)C. The average Bonchev–Trinajstić information content (AvgIpc) is 3.16. The summed E-state index contributed by atoms with van der Waals surface area (Å²) >= 11 is 0. The van der Waals surface area contributed by atoms with Crippen LogP contribution < -0.4 is 10.6 Å². The normalized spacial score (nSPS) is 25.0. The van der Waals surface area contributed by atoms with Gasteiger partial charge in [0.15, 0.2) is 0 Å². The topological polar surface area (TPSA) is 200 Å². The van der Waals surface area contributed by atoms with Gasteiger partial charge in [0, 0.05) is 39.3 Å². The number of hydrogen-bond acceptors (Lipinski definition) is 13. The minimum absolute atomic E-state index is 0.0331. The fourth-order valence-corrected chi connectivity index (χ4v) is 9.17. The Labute approximate surface area is 375 Å². The molecule has 18 heteroatoms. The monoisotopic (exact) mass is 888 g/mol. The quantitative estimate of drug-likeness (QED) is 0.145. The molecule has 0 radical (unpaired) electrons. The van der Waals surface area contributed by atoms with Crippen LogP contribution in [0.3, 0.4) is 0 Å². The van der Waals surface area contributed by atoms with E-state index < -0.39 is 44.3 Å². The van der Waals surface area contributed by atoms with E-state index in [-0.39, 0.29) is 73.4 Å². The van der Waals surface area contributed by atoms with Crippen LogP contribution in [-0.4, -0.2) is 186 Å². The van der Waals surface area contributed by atoms with Crippen LogP contribution in [0.4, 0.5) is 0 Å². The Morgan fingerprint density at radius 2 is 0.603 bits per heavy atom. The number of imide groups is 4. The van der Waals surface area contributed by atoms with E-state index in [0.29, 0.717) is 32.3 Å². The first-order valence-corrected chi connectivity index (χ1v) is 22.1. The first-order valence-electron chi connectivity index (χ1n) is 22.1. The highest BCUT2D eigenvalue weighted by molar-refractivity contribution is 6.08. The van der Waals surface area contributed by atoms with Gasteiger partial charge < -0.3 is 4.90 Å². The lowest BCUT2D eigenvalue weighted by Crippen LogP contribution is -2.73. The van der Waals surface area contributed by atoms with Crippen molar-refractivity contribution in [1.29, 1.82) is 0 Å². The molecule has 0 atom stereocenters. The minimum atomic E-state index is -0.916. The Kier molecular flexibility index (Phi) is 15.2. The zero-order valence-corrected chi connectivity index (χ0v) is 41.5. The number of hydrogen-bond donors (Lipinski definition) is 2. The standard InChI is InChI=1S/C24H42N4O4.C21H35N5O5/c1-21(2)17(29)27(18(30)22(3,4)25(21)9)15-13-11-12-14-16-28-19(31)23(5,6)26(10)24(7,8)20(28)32;1-18(2)14(28)25(15(29)19(3,4)22-18)11-9-24(13-27)10-12-26-16(30)20(5,6)23-21(7,8)17(26)31/h11-16H2,1-10H3;13,22-23H,9-12H2,1-8H3. The summed E-state index contributed by atoms with van der Waals surface area (Å²) in [5.74, 6) is -2.11. The van der Waals surface area contributed by atoms with Crippen molar-refractivity contribution in [2.24, 2.45) is 0 Å². The Morgan fingerprint density at radius 3 is 0.825 bits per heavy atom. The second kappa shape index (κ2) is 18.0. The highest BCUT2D eigenvalue weighted by atomic mass is 16.2. The predicted octanol–water partition coefficient (Wildman–Crippen LogP) is 1.74. The van der Waals surface area contributed by atoms with Crippen LogP contribution in [0.15, 0.2) is 0 Å². The van der Waals surface area contributed by atoms with E-state index in [0.717, 1.165) is 12.8 Å². The fraction of sp³-hybridized carbons (Fsp3) is 0.800. The third kappa shape index (κ3) is 10.2. The molecular formula is C45H77N9O9. The van der Waals surface area contributed by atoms with E-state index in [1.807, 2.05) is 79.3 Å². The molecule has 63 heavy (non-hydrogen) atoms. The van der Waals surface area contributed by atoms with E-state index >= 15 is 0 Å². The molecule has 18 nitrogen and oxygen atoms in total. The van der Waals surface area contributed by atoms with E-state index in [1.54, 1.807) is 55.4 Å². The zero-order valence-electron chi connectivity index (χ0n) is 41.5. The Balaban J connectivity index is 0.000000335. The molecule has 0 spiro atoms. The van der Waals surface area contributed by atoms with Crippen molar-refractivity contribution in [3.63, 3.8) is 0 Å². The van der Waals surface area contributed by atoms with E-state index in [4.69, 9.17) is 0 Å². The highest BCUT2D eigenvalue weighted by Gasteiger charge is 2.56. The van der Waals surface area contributed by atoms with Gasteiger partial charge in [0.25, 0.3) is 0 Å². The highest BCUT2D eigenvalue weighted by Crippen LogP contribution is 2.34. The summed E-state index contributed by atoms with van der Waals surface area (Å²) < 4.78 is 0. The van der Waals surface area contributed by atoms with Gasteiger partial charge in [-0.1, -0.05) is 12.8 Å². The van der Waals surface area contributed by atoms with Crippen molar-refractivity contribution in [3.8, 4) is 0 Å². The lowest BCUT2D eigenvalue weighted by molar-refractivity contribution is -0.173. The van der Waals surface area contributed by atoms with Crippen molar-refractivity contribution in [2.45, 2.75) is 181 Å². The molecule has 2 N–H and O–H groups in total. The van der Waals surface area contributed by atoms with Gasteiger partial charge in [-0.2, -0.15) is 0 Å². The van der Waals surface area contributed by atoms with Gasteiger partial charge in [0.2, 0.25) is 53.7 Å². The molecule has 0 aliphatic carbocycles. The largest absolute Gasteiger partial charge is 0.342 e. The molecule has 9 amide bonds. The minimum Gasteiger partial charge on any atom is -0.342 e. The van der Waals surface area contributed by atoms with Gasteiger partial charge in [-0.25, -0.2) is 0 Å². The zero-order chi connectivity index (χ0) is 48.9. The summed E-state index contributed by atoms with van der Waals surface area (Å²) in [4.78, 5) is 124. The van der Waals surface area contributed by atoms with Crippen LogP contribution in [0.1, 0.15) is 136 Å². The van der Waals surface area contributed by atoms with Crippen molar-refractivity contribution in [3.05, 3.63) is 0 Å². The fourth-order valence-electron chi connectivity index (χ4n) is 9.17. The molecule has 4 aliphatic rings. The molecule has 0 aromatic heterocycles.